The summed E-state index contributed by atoms with van der Waals surface area (Å²) in [5.74, 6) is 1.72. The molecule has 14 heavy (non-hydrogen) atoms. The van der Waals surface area contributed by atoms with Crippen LogP contribution in [0.2, 0.25) is 0 Å². The highest BCUT2D eigenvalue weighted by molar-refractivity contribution is 5.11. The maximum Gasteiger partial charge on any atom is 0.125 e. The van der Waals surface area contributed by atoms with Crippen LogP contribution in [0.25, 0.3) is 0 Å². The Balaban J connectivity index is 2.88. The number of hydrogen-bond donors (Lipinski definition) is 1. The van der Waals surface area contributed by atoms with Crippen molar-refractivity contribution >= 4 is 0 Å². The van der Waals surface area contributed by atoms with Gasteiger partial charge in [0.05, 0.1) is 7.11 Å². The zero-order chi connectivity index (χ0) is 10.7. The molecule has 4 nitrogen and oxygen atoms in total. The summed E-state index contributed by atoms with van der Waals surface area (Å²) in [5.41, 5.74) is 5.87. The monoisotopic (exact) mass is 198 g/mol. The minimum absolute atomic E-state index is 0.0475. The molecular formula is C10H18N2O2. The van der Waals surface area contributed by atoms with Crippen molar-refractivity contribution in [1.29, 1.82) is 0 Å². The van der Waals surface area contributed by atoms with Gasteiger partial charge in [-0.2, -0.15) is 5.06 Å². The molecule has 1 heterocycles. The van der Waals surface area contributed by atoms with Gasteiger partial charge in [-0.15, -0.1) is 0 Å². The number of likely N-dealkylation sites (N-methyl/N-ethyl adjacent to an activating group) is 1. The third kappa shape index (κ3) is 2.35. The summed E-state index contributed by atoms with van der Waals surface area (Å²) in [6.07, 6.45) is 0. The number of hydroxylamine groups is 2. The van der Waals surface area contributed by atoms with Crippen molar-refractivity contribution in [3.8, 4) is 0 Å². The van der Waals surface area contributed by atoms with Crippen LogP contribution in [0.3, 0.4) is 0 Å². The molecule has 0 aliphatic carbocycles. The number of aryl methyl sites for hydroxylation is 1. The van der Waals surface area contributed by atoms with Gasteiger partial charge < -0.3 is 15.0 Å². The largest absolute Gasteiger partial charge is 0.465 e. The fraction of sp³-hybridized carbons (Fsp3) is 0.600. The van der Waals surface area contributed by atoms with E-state index in [2.05, 4.69) is 0 Å². The first-order valence-electron chi connectivity index (χ1n) is 4.65. The van der Waals surface area contributed by atoms with Gasteiger partial charge in [-0.1, -0.05) is 0 Å². The lowest BCUT2D eigenvalue weighted by Gasteiger charge is -2.26. The van der Waals surface area contributed by atoms with Crippen LogP contribution >= 0.6 is 0 Å². The van der Waals surface area contributed by atoms with E-state index in [1.807, 2.05) is 33.0 Å². The Hall–Kier alpha value is -0.840. The lowest BCUT2D eigenvalue weighted by molar-refractivity contribution is -0.151. The second-order valence-electron chi connectivity index (χ2n) is 3.48. The number of rotatable bonds is 4. The molecule has 1 aromatic heterocycles. The number of nitrogens with two attached hydrogens (primary N) is 1. The van der Waals surface area contributed by atoms with Gasteiger partial charge in [-0.05, 0) is 26.0 Å². The molecule has 0 bridgehead atoms. The topological polar surface area (TPSA) is 51.6 Å². The summed E-state index contributed by atoms with van der Waals surface area (Å²) in [6.45, 7) is 3.84. The highest BCUT2D eigenvalue weighted by Gasteiger charge is 2.24. The summed E-state index contributed by atoms with van der Waals surface area (Å²) in [6, 6.07) is 3.76. The van der Waals surface area contributed by atoms with Crippen LogP contribution in [0, 0.1) is 6.92 Å². The van der Waals surface area contributed by atoms with Crippen LogP contribution in [0.15, 0.2) is 16.5 Å². The van der Waals surface area contributed by atoms with E-state index in [9.17, 15) is 0 Å². The molecule has 0 spiro atoms. The molecule has 0 aliphatic heterocycles. The molecule has 2 unspecified atom stereocenters. The molecule has 0 radical (unpaired) electrons. The van der Waals surface area contributed by atoms with E-state index in [1.54, 1.807) is 12.2 Å². The number of nitrogens with zero attached hydrogens (tertiary/aromatic N) is 1. The highest BCUT2D eigenvalue weighted by Crippen LogP contribution is 2.23. The van der Waals surface area contributed by atoms with Crippen LogP contribution in [-0.2, 0) is 4.84 Å². The maximum absolute atomic E-state index is 5.87. The van der Waals surface area contributed by atoms with Gasteiger partial charge in [-0.25, -0.2) is 0 Å². The summed E-state index contributed by atoms with van der Waals surface area (Å²) in [4.78, 5) is 5.13. The van der Waals surface area contributed by atoms with Gasteiger partial charge in [0.15, 0.2) is 0 Å². The first-order chi connectivity index (χ1) is 6.56. The van der Waals surface area contributed by atoms with Gasteiger partial charge in [0.1, 0.15) is 17.6 Å². The van der Waals surface area contributed by atoms with Crippen LogP contribution in [0.4, 0.5) is 0 Å². The van der Waals surface area contributed by atoms with Gasteiger partial charge in [0.25, 0.3) is 0 Å². The standard InChI is InChI=1S/C10H18N2O2/c1-7-5-6-9(14-7)10(8(2)11)12(3)13-4/h5-6,8,10H,11H2,1-4H3. The van der Waals surface area contributed by atoms with Gasteiger partial charge in [0.2, 0.25) is 0 Å². The third-order valence-electron chi connectivity index (χ3n) is 2.23. The lowest BCUT2D eigenvalue weighted by Crippen LogP contribution is -2.36. The molecule has 0 aromatic carbocycles. The van der Waals surface area contributed by atoms with Crippen molar-refractivity contribution in [3.63, 3.8) is 0 Å². The molecule has 1 aromatic rings. The molecule has 0 saturated heterocycles. The van der Waals surface area contributed by atoms with Gasteiger partial charge in [-0.3, -0.25) is 0 Å². The Morgan fingerprint density at radius 3 is 2.50 bits per heavy atom. The summed E-state index contributed by atoms with van der Waals surface area (Å²) < 4.78 is 5.53. The van der Waals surface area contributed by atoms with Crippen LogP contribution < -0.4 is 5.73 Å². The Bertz CT molecular complexity index is 283. The highest BCUT2D eigenvalue weighted by atomic mass is 16.7. The Morgan fingerprint density at radius 2 is 2.14 bits per heavy atom. The first kappa shape index (κ1) is 11.2. The Labute approximate surface area is 84.6 Å². The van der Waals surface area contributed by atoms with Crippen molar-refractivity contribution in [1.82, 2.24) is 5.06 Å². The molecule has 2 N–H and O–H groups in total. The Kier molecular flexibility index (Phi) is 3.69. The first-order valence-corrected chi connectivity index (χ1v) is 4.65. The van der Waals surface area contributed by atoms with E-state index in [0.29, 0.717) is 0 Å². The maximum atomic E-state index is 5.87. The second kappa shape index (κ2) is 4.59. The van der Waals surface area contributed by atoms with E-state index >= 15 is 0 Å². The predicted molar refractivity (Wildman–Crippen MR) is 54.6 cm³/mol. The molecule has 1 rings (SSSR count). The third-order valence-corrected chi connectivity index (χ3v) is 2.23. The predicted octanol–water partition coefficient (Wildman–Crippen LogP) is 1.47. The van der Waals surface area contributed by atoms with Crippen LogP contribution in [0.5, 0.6) is 0 Å². The smallest absolute Gasteiger partial charge is 0.125 e. The molecule has 80 valence electrons. The van der Waals surface area contributed by atoms with Crippen molar-refractivity contribution in [2.75, 3.05) is 14.2 Å². The summed E-state index contributed by atoms with van der Waals surface area (Å²) in [7, 11) is 3.46. The van der Waals surface area contributed by atoms with E-state index in [4.69, 9.17) is 15.0 Å². The van der Waals surface area contributed by atoms with Crippen molar-refractivity contribution in [2.24, 2.45) is 5.73 Å². The number of furan rings is 1. The van der Waals surface area contributed by atoms with Crippen LogP contribution in [0.1, 0.15) is 24.5 Å². The summed E-state index contributed by atoms with van der Waals surface area (Å²) in [5, 5.41) is 1.70. The minimum atomic E-state index is -0.0505. The van der Waals surface area contributed by atoms with E-state index < -0.39 is 0 Å². The van der Waals surface area contributed by atoms with E-state index in [1.165, 1.54) is 0 Å². The summed E-state index contributed by atoms with van der Waals surface area (Å²) >= 11 is 0. The molecule has 0 amide bonds. The number of hydrogen-bond acceptors (Lipinski definition) is 4. The zero-order valence-electron chi connectivity index (χ0n) is 9.15. The lowest BCUT2D eigenvalue weighted by atomic mass is 10.1. The van der Waals surface area contributed by atoms with Crippen molar-refractivity contribution in [2.45, 2.75) is 25.9 Å². The molecule has 4 heteroatoms. The molecule has 0 fully saturated rings. The van der Waals surface area contributed by atoms with E-state index in [-0.39, 0.29) is 12.1 Å². The second-order valence-corrected chi connectivity index (χ2v) is 3.48. The van der Waals surface area contributed by atoms with Crippen LogP contribution in [-0.4, -0.2) is 25.3 Å². The molecule has 0 saturated carbocycles. The quantitative estimate of drug-likeness (QED) is 0.744. The minimum Gasteiger partial charge on any atom is -0.465 e. The zero-order valence-corrected chi connectivity index (χ0v) is 9.15. The fourth-order valence-electron chi connectivity index (χ4n) is 1.50. The fourth-order valence-corrected chi connectivity index (χ4v) is 1.50. The molecule has 0 aliphatic rings. The molecular weight excluding hydrogens is 180 g/mol. The van der Waals surface area contributed by atoms with Crippen molar-refractivity contribution < 1.29 is 9.25 Å². The Morgan fingerprint density at radius 1 is 1.50 bits per heavy atom. The SMILES string of the molecule is CON(C)C(c1ccc(C)o1)C(C)N. The van der Waals surface area contributed by atoms with Crippen molar-refractivity contribution in [3.05, 3.63) is 23.7 Å². The van der Waals surface area contributed by atoms with Gasteiger partial charge >= 0.3 is 0 Å². The normalized spacial score (nSPS) is 15.9. The average molecular weight is 198 g/mol. The van der Waals surface area contributed by atoms with E-state index in [0.717, 1.165) is 11.5 Å². The average Bonchev–Trinajstić information content (AvgIpc) is 2.51. The van der Waals surface area contributed by atoms with Gasteiger partial charge in [0, 0.05) is 13.1 Å². The molecule has 2 atom stereocenters.